The molecule has 4 aliphatic rings. The van der Waals surface area contributed by atoms with Crippen LogP contribution in [-0.4, -0.2) is 29.9 Å². The lowest BCUT2D eigenvalue weighted by molar-refractivity contribution is -0.142. The standard InChI is InChI=1S/C23H31N3O/c24-8-10-26(9-4-7-17-5-2-1-3-6-17)22(27)21(25)23-14-18-11-19(15-23)13-20(12-18)16-23/h1-3,5-6,18-21H,4,7,9-16,25H2/t18?,19?,20?,21-,23?/m1/s1. The van der Waals surface area contributed by atoms with Crippen molar-refractivity contribution in [1.29, 1.82) is 5.26 Å². The first-order chi connectivity index (χ1) is 13.1. The van der Waals surface area contributed by atoms with Crippen molar-refractivity contribution < 1.29 is 4.79 Å². The van der Waals surface area contributed by atoms with Crippen LogP contribution in [-0.2, 0) is 11.2 Å². The van der Waals surface area contributed by atoms with Gasteiger partial charge < -0.3 is 10.6 Å². The Balaban J connectivity index is 1.40. The van der Waals surface area contributed by atoms with Crippen LogP contribution in [0.3, 0.4) is 0 Å². The van der Waals surface area contributed by atoms with Crippen molar-refractivity contribution in [3.63, 3.8) is 0 Å². The summed E-state index contributed by atoms with van der Waals surface area (Å²) in [6, 6.07) is 12.0. The van der Waals surface area contributed by atoms with E-state index in [2.05, 4.69) is 18.2 Å². The van der Waals surface area contributed by atoms with Crippen LogP contribution in [0, 0.1) is 34.5 Å². The van der Waals surface area contributed by atoms with Gasteiger partial charge >= 0.3 is 0 Å². The summed E-state index contributed by atoms with van der Waals surface area (Å²) in [6.45, 7) is 0.759. The zero-order valence-corrected chi connectivity index (χ0v) is 16.1. The van der Waals surface area contributed by atoms with Gasteiger partial charge in [-0.3, -0.25) is 4.79 Å². The lowest BCUT2D eigenvalue weighted by atomic mass is 9.47. The molecule has 4 nitrogen and oxygen atoms in total. The van der Waals surface area contributed by atoms with Crippen LogP contribution in [0.5, 0.6) is 0 Å². The maximum Gasteiger partial charge on any atom is 0.240 e. The number of aryl methyl sites for hydroxylation is 1. The summed E-state index contributed by atoms with van der Waals surface area (Å²) in [6.07, 6.45) is 9.19. The summed E-state index contributed by atoms with van der Waals surface area (Å²) < 4.78 is 0. The van der Waals surface area contributed by atoms with E-state index in [1.807, 2.05) is 18.2 Å². The molecule has 27 heavy (non-hydrogen) atoms. The van der Waals surface area contributed by atoms with E-state index in [0.29, 0.717) is 6.54 Å². The molecule has 144 valence electrons. The van der Waals surface area contributed by atoms with Crippen molar-refractivity contribution in [2.45, 2.75) is 57.4 Å². The van der Waals surface area contributed by atoms with Crippen molar-refractivity contribution in [2.24, 2.45) is 28.9 Å². The van der Waals surface area contributed by atoms with Crippen molar-refractivity contribution in [1.82, 2.24) is 4.90 Å². The van der Waals surface area contributed by atoms with E-state index in [-0.39, 0.29) is 17.9 Å². The van der Waals surface area contributed by atoms with Crippen molar-refractivity contribution in [3.05, 3.63) is 35.9 Å². The zero-order chi connectivity index (χ0) is 18.9. The van der Waals surface area contributed by atoms with Crippen LogP contribution >= 0.6 is 0 Å². The van der Waals surface area contributed by atoms with E-state index in [1.54, 1.807) is 4.90 Å². The third-order valence-corrected chi connectivity index (χ3v) is 7.32. The Morgan fingerprint density at radius 2 is 1.74 bits per heavy atom. The van der Waals surface area contributed by atoms with Gasteiger partial charge in [-0.25, -0.2) is 0 Å². The Hall–Kier alpha value is -1.86. The largest absolute Gasteiger partial charge is 0.328 e. The second-order valence-electron chi connectivity index (χ2n) is 9.26. The summed E-state index contributed by atoms with van der Waals surface area (Å²) in [5, 5.41) is 9.23. The number of carbonyl (C=O) groups is 1. The molecule has 2 N–H and O–H groups in total. The maximum absolute atomic E-state index is 13.2. The van der Waals surface area contributed by atoms with Gasteiger partial charge in [-0.05, 0) is 80.1 Å². The number of hydrogen-bond donors (Lipinski definition) is 1. The third kappa shape index (κ3) is 3.75. The fourth-order valence-corrected chi connectivity index (χ4v) is 6.49. The van der Waals surface area contributed by atoms with E-state index in [0.717, 1.165) is 49.9 Å². The Morgan fingerprint density at radius 3 is 2.30 bits per heavy atom. The van der Waals surface area contributed by atoms with Gasteiger partial charge in [0.05, 0.1) is 12.1 Å². The molecule has 4 bridgehead atoms. The van der Waals surface area contributed by atoms with Crippen LogP contribution in [0.15, 0.2) is 30.3 Å². The highest BCUT2D eigenvalue weighted by Crippen LogP contribution is 2.61. The highest BCUT2D eigenvalue weighted by atomic mass is 16.2. The minimum Gasteiger partial charge on any atom is -0.328 e. The molecule has 4 heteroatoms. The molecule has 1 amide bonds. The van der Waals surface area contributed by atoms with Gasteiger partial charge in [-0.2, -0.15) is 5.26 Å². The first-order valence-corrected chi connectivity index (χ1v) is 10.5. The number of nitriles is 1. The summed E-state index contributed by atoms with van der Waals surface area (Å²) >= 11 is 0. The molecule has 0 unspecified atom stereocenters. The first kappa shape index (κ1) is 18.5. The number of rotatable bonds is 7. The van der Waals surface area contributed by atoms with E-state index in [9.17, 15) is 10.1 Å². The Labute approximate surface area is 162 Å². The van der Waals surface area contributed by atoms with Gasteiger partial charge in [0.1, 0.15) is 6.54 Å². The van der Waals surface area contributed by atoms with E-state index >= 15 is 0 Å². The van der Waals surface area contributed by atoms with Gasteiger partial charge in [0.25, 0.3) is 0 Å². The summed E-state index contributed by atoms with van der Waals surface area (Å²) in [4.78, 5) is 15.0. The molecule has 1 aromatic rings. The maximum atomic E-state index is 13.2. The predicted octanol–water partition coefficient (Wildman–Crippen LogP) is 3.52. The molecule has 0 aliphatic heterocycles. The SMILES string of the molecule is N#CCN(CCCc1ccccc1)C(=O)[C@@H](N)C12CC3CC(CC(C3)C1)C2. The number of benzene rings is 1. The fraction of sp³-hybridized carbons (Fsp3) is 0.652. The van der Waals surface area contributed by atoms with Gasteiger partial charge in [0.2, 0.25) is 5.91 Å². The molecule has 1 aromatic carbocycles. The molecule has 0 saturated heterocycles. The summed E-state index contributed by atoms with van der Waals surface area (Å²) in [5.41, 5.74) is 7.90. The lowest BCUT2D eigenvalue weighted by Gasteiger charge is -2.58. The fourth-order valence-electron chi connectivity index (χ4n) is 6.49. The van der Waals surface area contributed by atoms with Crippen LogP contribution in [0.1, 0.15) is 50.5 Å². The number of nitrogens with two attached hydrogens (primary N) is 1. The molecule has 0 heterocycles. The third-order valence-electron chi connectivity index (χ3n) is 7.32. The molecular weight excluding hydrogens is 334 g/mol. The molecule has 0 spiro atoms. The number of carbonyl (C=O) groups excluding carboxylic acids is 1. The van der Waals surface area contributed by atoms with Crippen molar-refractivity contribution in [2.75, 3.05) is 13.1 Å². The van der Waals surface area contributed by atoms with Gasteiger partial charge in [-0.15, -0.1) is 0 Å². The first-order valence-electron chi connectivity index (χ1n) is 10.5. The Kier molecular flexibility index (Phi) is 5.23. The van der Waals surface area contributed by atoms with Crippen LogP contribution in [0.25, 0.3) is 0 Å². The highest BCUT2D eigenvalue weighted by molar-refractivity contribution is 5.83. The van der Waals surface area contributed by atoms with Gasteiger partial charge in [-0.1, -0.05) is 30.3 Å². The number of amides is 1. The van der Waals surface area contributed by atoms with Crippen LogP contribution in [0.4, 0.5) is 0 Å². The van der Waals surface area contributed by atoms with Crippen LogP contribution in [0.2, 0.25) is 0 Å². The number of nitrogens with zero attached hydrogens (tertiary/aromatic N) is 2. The average Bonchev–Trinajstić information content (AvgIpc) is 2.66. The molecule has 4 fully saturated rings. The zero-order valence-electron chi connectivity index (χ0n) is 16.1. The van der Waals surface area contributed by atoms with E-state index < -0.39 is 6.04 Å². The topological polar surface area (TPSA) is 70.1 Å². The normalized spacial score (nSPS) is 32.1. The number of hydrogen-bond acceptors (Lipinski definition) is 3. The van der Waals surface area contributed by atoms with Gasteiger partial charge in [0, 0.05) is 6.54 Å². The molecule has 1 atom stereocenters. The monoisotopic (exact) mass is 365 g/mol. The second-order valence-corrected chi connectivity index (χ2v) is 9.26. The summed E-state index contributed by atoms with van der Waals surface area (Å²) in [5.74, 6) is 2.33. The molecule has 0 radical (unpaired) electrons. The van der Waals surface area contributed by atoms with E-state index in [1.165, 1.54) is 24.8 Å². The summed E-state index contributed by atoms with van der Waals surface area (Å²) in [7, 11) is 0. The Bertz CT molecular complexity index is 673. The quantitative estimate of drug-likeness (QED) is 0.752. The molecule has 4 saturated carbocycles. The predicted molar refractivity (Wildman–Crippen MR) is 106 cm³/mol. The minimum atomic E-state index is -0.434. The van der Waals surface area contributed by atoms with Gasteiger partial charge in [0.15, 0.2) is 0 Å². The lowest BCUT2D eigenvalue weighted by Crippen LogP contribution is -2.60. The van der Waals surface area contributed by atoms with Crippen LogP contribution < -0.4 is 5.73 Å². The molecule has 0 aromatic heterocycles. The average molecular weight is 366 g/mol. The van der Waals surface area contributed by atoms with Crippen molar-refractivity contribution in [3.8, 4) is 6.07 Å². The molecule has 5 rings (SSSR count). The highest BCUT2D eigenvalue weighted by Gasteiger charge is 2.55. The second kappa shape index (κ2) is 7.64. The Morgan fingerprint density at radius 1 is 1.15 bits per heavy atom. The van der Waals surface area contributed by atoms with E-state index in [4.69, 9.17) is 5.73 Å². The minimum absolute atomic E-state index is 0.00102. The molecular formula is C23H31N3O. The molecule has 4 aliphatic carbocycles. The van der Waals surface area contributed by atoms with Crippen molar-refractivity contribution >= 4 is 5.91 Å². The smallest absolute Gasteiger partial charge is 0.240 e.